The van der Waals surface area contributed by atoms with Gasteiger partial charge in [-0.1, -0.05) is 35.5 Å². The highest BCUT2D eigenvalue weighted by Gasteiger charge is 2.15. The number of thioether (sulfide) groups is 1. The van der Waals surface area contributed by atoms with Crippen molar-refractivity contribution >= 4 is 52.0 Å². The second-order valence-electron chi connectivity index (χ2n) is 6.42. The monoisotopic (exact) mass is 473 g/mol. The average Bonchev–Trinajstić information content (AvgIpc) is 2.78. The topological polar surface area (TPSA) is 72.8 Å². The van der Waals surface area contributed by atoms with Gasteiger partial charge in [-0.15, -0.1) is 0 Å². The lowest BCUT2D eigenvalue weighted by atomic mass is 10.0. The quantitative estimate of drug-likeness (QED) is 0.206. The Morgan fingerprint density at radius 2 is 1.94 bits per heavy atom. The molecular formula is C21H17ClFN5OS2. The van der Waals surface area contributed by atoms with Crippen LogP contribution < -0.4 is 9.46 Å². The Bertz CT molecular complexity index is 1270. The van der Waals surface area contributed by atoms with Crippen LogP contribution in [0.15, 0.2) is 52.8 Å². The minimum atomic E-state index is -0.394. The Labute approximate surface area is 192 Å². The number of nitrogens with zero attached hydrogens (tertiary/aromatic N) is 4. The standard InChI is InChI=1S/C21H17ClFN5OS2/c1-11-15(7-12-9-25-21(30-3)27-19(12)26-11)14-5-4-6-16(18(14)23)28-31-17-8-13(22)10-24-20(17)29-2/h4-10,28H,1-3H3. The van der Waals surface area contributed by atoms with Gasteiger partial charge in [-0.05, 0) is 43.3 Å². The number of aromatic nitrogens is 4. The van der Waals surface area contributed by atoms with Crippen molar-refractivity contribution in [2.45, 2.75) is 17.0 Å². The molecule has 0 spiro atoms. The van der Waals surface area contributed by atoms with Gasteiger partial charge in [-0.25, -0.2) is 24.3 Å². The molecule has 0 saturated carbocycles. The van der Waals surface area contributed by atoms with Gasteiger partial charge < -0.3 is 9.46 Å². The molecule has 6 nitrogen and oxygen atoms in total. The van der Waals surface area contributed by atoms with E-state index in [0.717, 1.165) is 5.39 Å². The number of anilines is 1. The van der Waals surface area contributed by atoms with Gasteiger partial charge in [-0.2, -0.15) is 0 Å². The summed E-state index contributed by atoms with van der Waals surface area (Å²) >= 11 is 8.64. The van der Waals surface area contributed by atoms with Gasteiger partial charge in [0.25, 0.3) is 0 Å². The van der Waals surface area contributed by atoms with Crippen LogP contribution in [0.3, 0.4) is 0 Å². The normalized spacial score (nSPS) is 11.0. The van der Waals surface area contributed by atoms with Crippen molar-refractivity contribution in [3.05, 3.63) is 59.3 Å². The number of hydrogen-bond donors (Lipinski definition) is 1. The summed E-state index contributed by atoms with van der Waals surface area (Å²) in [5.41, 5.74) is 2.70. The van der Waals surface area contributed by atoms with Crippen molar-refractivity contribution in [2.24, 2.45) is 0 Å². The molecule has 0 amide bonds. The Hall–Kier alpha value is -2.62. The predicted molar refractivity (Wildman–Crippen MR) is 125 cm³/mol. The highest BCUT2D eigenvalue weighted by molar-refractivity contribution is 8.00. The minimum Gasteiger partial charge on any atom is -0.480 e. The molecular weight excluding hydrogens is 457 g/mol. The van der Waals surface area contributed by atoms with E-state index in [-0.39, 0.29) is 0 Å². The summed E-state index contributed by atoms with van der Waals surface area (Å²) in [6.45, 7) is 1.84. The van der Waals surface area contributed by atoms with E-state index < -0.39 is 5.82 Å². The van der Waals surface area contributed by atoms with Crippen LogP contribution in [0.4, 0.5) is 10.1 Å². The van der Waals surface area contributed by atoms with Crippen molar-refractivity contribution in [1.82, 2.24) is 19.9 Å². The first-order chi connectivity index (χ1) is 15.0. The minimum absolute atomic E-state index is 0.318. The smallest absolute Gasteiger partial charge is 0.228 e. The van der Waals surface area contributed by atoms with E-state index in [4.69, 9.17) is 16.3 Å². The second-order valence-corrected chi connectivity index (χ2v) is 8.48. The first kappa shape index (κ1) is 21.6. The van der Waals surface area contributed by atoms with E-state index in [2.05, 4.69) is 24.7 Å². The van der Waals surface area contributed by atoms with Crippen molar-refractivity contribution < 1.29 is 9.13 Å². The van der Waals surface area contributed by atoms with Crippen LogP contribution in [0.1, 0.15) is 5.69 Å². The molecule has 3 aromatic heterocycles. The van der Waals surface area contributed by atoms with E-state index in [1.165, 1.54) is 37.0 Å². The van der Waals surface area contributed by atoms with Crippen molar-refractivity contribution in [2.75, 3.05) is 18.1 Å². The van der Waals surface area contributed by atoms with Gasteiger partial charge in [0.1, 0.15) is 0 Å². The molecule has 0 unspecified atom stereocenters. The summed E-state index contributed by atoms with van der Waals surface area (Å²) < 4.78 is 23.7. The molecule has 3 heterocycles. The Balaban J connectivity index is 1.68. The van der Waals surface area contributed by atoms with E-state index in [1.54, 1.807) is 30.5 Å². The number of fused-ring (bicyclic) bond motifs is 1. The third-order valence-corrected chi connectivity index (χ3v) is 6.06. The van der Waals surface area contributed by atoms with Crippen molar-refractivity contribution in [1.29, 1.82) is 0 Å². The predicted octanol–water partition coefficient (Wildman–Crippen LogP) is 6.04. The van der Waals surface area contributed by atoms with Crippen LogP contribution >= 0.6 is 35.3 Å². The molecule has 10 heteroatoms. The number of nitrogens with one attached hydrogen (secondary N) is 1. The first-order valence-electron chi connectivity index (χ1n) is 9.10. The summed E-state index contributed by atoms with van der Waals surface area (Å²) in [5.74, 6) is 0.00695. The lowest BCUT2D eigenvalue weighted by Crippen LogP contribution is -1.98. The lowest BCUT2D eigenvalue weighted by Gasteiger charge is -2.13. The summed E-state index contributed by atoms with van der Waals surface area (Å²) in [6, 6.07) is 8.73. The van der Waals surface area contributed by atoms with Gasteiger partial charge in [0.2, 0.25) is 5.88 Å². The first-order valence-corrected chi connectivity index (χ1v) is 11.5. The number of halogens is 2. The fourth-order valence-corrected chi connectivity index (χ4v) is 4.32. The number of methoxy groups -OCH3 is 1. The van der Waals surface area contributed by atoms with E-state index in [9.17, 15) is 0 Å². The van der Waals surface area contributed by atoms with Crippen LogP contribution in [0, 0.1) is 12.7 Å². The maximum absolute atomic E-state index is 15.4. The second kappa shape index (κ2) is 9.25. The Morgan fingerprint density at radius 3 is 2.71 bits per heavy atom. The SMILES string of the molecule is COc1ncc(Cl)cc1SNc1cccc(-c2cc3cnc(SC)nc3nc2C)c1F. The average molecular weight is 474 g/mol. The summed E-state index contributed by atoms with van der Waals surface area (Å²) in [6.07, 6.45) is 5.11. The van der Waals surface area contributed by atoms with Gasteiger partial charge in [0.15, 0.2) is 16.6 Å². The van der Waals surface area contributed by atoms with Crippen LogP contribution in [-0.2, 0) is 0 Å². The van der Waals surface area contributed by atoms with Gasteiger partial charge in [0.05, 0.1) is 22.7 Å². The van der Waals surface area contributed by atoms with Crippen LogP contribution in [0.5, 0.6) is 5.88 Å². The lowest BCUT2D eigenvalue weighted by molar-refractivity contribution is 0.387. The highest BCUT2D eigenvalue weighted by atomic mass is 35.5. The molecule has 0 saturated heterocycles. The van der Waals surface area contributed by atoms with E-state index >= 15 is 4.39 Å². The summed E-state index contributed by atoms with van der Waals surface area (Å²) in [7, 11) is 1.52. The zero-order valence-corrected chi connectivity index (χ0v) is 19.2. The Morgan fingerprint density at radius 1 is 1.10 bits per heavy atom. The van der Waals surface area contributed by atoms with Crippen LogP contribution in [0.25, 0.3) is 22.2 Å². The molecule has 31 heavy (non-hydrogen) atoms. The van der Waals surface area contributed by atoms with Crippen molar-refractivity contribution in [3.8, 4) is 17.0 Å². The maximum atomic E-state index is 15.4. The molecule has 0 aliphatic heterocycles. The molecule has 4 aromatic rings. The van der Waals surface area contributed by atoms with Gasteiger partial charge in [-0.3, -0.25) is 0 Å². The fourth-order valence-electron chi connectivity index (χ4n) is 2.97. The molecule has 0 aliphatic rings. The number of ether oxygens (including phenoxy) is 1. The molecule has 0 radical (unpaired) electrons. The van der Waals surface area contributed by atoms with Crippen molar-refractivity contribution in [3.63, 3.8) is 0 Å². The molecule has 158 valence electrons. The summed E-state index contributed by atoms with van der Waals surface area (Å²) in [5, 5.41) is 1.86. The van der Waals surface area contributed by atoms with Gasteiger partial charge in [0, 0.05) is 34.6 Å². The number of rotatable bonds is 6. The zero-order valence-electron chi connectivity index (χ0n) is 16.8. The molecule has 1 N–H and O–H groups in total. The van der Waals surface area contributed by atoms with Crippen LogP contribution in [-0.4, -0.2) is 33.3 Å². The number of hydrogen-bond acceptors (Lipinski definition) is 8. The molecule has 0 bridgehead atoms. The van der Waals surface area contributed by atoms with E-state index in [0.29, 0.717) is 49.1 Å². The number of benzene rings is 1. The largest absolute Gasteiger partial charge is 0.480 e. The third-order valence-electron chi connectivity index (χ3n) is 4.46. The number of aryl methyl sites for hydroxylation is 1. The van der Waals surface area contributed by atoms with Gasteiger partial charge >= 0.3 is 0 Å². The highest BCUT2D eigenvalue weighted by Crippen LogP contribution is 2.35. The molecule has 4 rings (SSSR count). The molecule has 1 aromatic carbocycles. The molecule has 0 aliphatic carbocycles. The fraction of sp³-hybridized carbons (Fsp3) is 0.143. The zero-order chi connectivity index (χ0) is 22.0. The molecule has 0 fully saturated rings. The summed E-state index contributed by atoms with van der Waals surface area (Å²) in [4.78, 5) is 18.0. The third kappa shape index (κ3) is 4.53. The number of pyridine rings is 2. The van der Waals surface area contributed by atoms with E-state index in [1.807, 2.05) is 19.2 Å². The Kier molecular flexibility index (Phi) is 6.45. The maximum Gasteiger partial charge on any atom is 0.228 e. The van der Waals surface area contributed by atoms with Crippen LogP contribution in [0.2, 0.25) is 5.02 Å². The molecule has 0 atom stereocenters.